The van der Waals surface area contributed by atoms with Gasteiger partial charge in [-0.05, 0) is 50.5 Å². The van der Waals surface area contributed by atoms with Crippen LogP contribution in [0.4, 0.5) is 0 Å². The van der Waals surface area contributed by atoms with E-state index in [2.05, 4.69) is 54.6 Å². The minimum atomic E-state index is 0.591. The van der Waals surface area contributed by atoms with E-state index in [1.165, 1.54) is 11.1 Å². The molecular formula is C19H33N3O3. The first-order chi connectivity index (χ1) is 12.2. The molecule has 1 rings (SSSR count). The van der Waals surface area contributed by atoms with E-state index in [1.807, 2.05) is 0 Å². The van der Waals surface area contributed by atoms with Crippen LogP contribution in [0.5, 0.6) is 5.75 Å². The number of rotatable bonds is 12. The molecule has 0 heterocycles. The minimum absolute atomic E-state index is 0.591. The maximum absolute atomic E-state index is 5.80. The predicted molar refractivity (Wildman–Crippen MR) is 103 cm³/mol. The van der Waals surface area contributed by atoms with Gasteiger partial charge >= 0.3 is 0 Å². The Morgan fingerprint density at radius 3 is 2.44 bits per heavy atom. The zero-order chi connectivity index (χ0) is 18.3. The van der Waals surface area contributed by atoms with Crippen LogP contribution in [0.15, 0.2) is 23.2 Å². The van der Waals surface area contributed by atoms with Crippen LogP contribution in [0.3, 0.4) is 0 Å². The maximum Gasteiger partial charge on any atom is 0.191 e. The van der Waals surface area contributed by atoms with Crippen LogP contribution in [0.1, 0.15) is 24.5 Å². The summed E-state index contributed by atoms with van der Waals surface area (Å²) in [6.07, 6.45) is 0.888. The Labute approximate surface area is 152 Å². The number of aliphatic imine (C=N–C) groups is 1. The Morgan fingerprint density at radius 2 is 1.76 bits per heavy atom. The molecule has 0 aliphatic rings. The van der Waals surface area contributed by atoms with Crippen LogP contribution in [-0.2, 0) is 9.47 Å². The van der Waals surface area contributed by atoms with Gasteiger partial charge in [-0.3, -0.25) is 4.99 Å². The SMILES string of the molecule is CCNC(=NCCCOCCOC)NCCOc1cc(C)cc(C)c1. The summed E-state index contributed by atoms with van der Waals surface area (Å²) in [5.41, 5.74) is 2.43. The van der Waals surface area contributed by atoms with Crippen LogP contribution in [0.25, 0.3) is 0 Å². The highest BCUT2D eigenvalue weighted by Crippen LogP contribution is 2.15. The third kappa shape index (κ3) is 10.6. The molecule has 142 valence electrons. The van der Waals surface area contributed by atoms with Gasteiger partial charge in [0.1, 0.15) is 12.4 Å². The normalized spacial score (nSPS) is 11.4. The Balaban J connectivity index is 2.24. The molecule has 0 aliphatic heterocycles. The number of nitrogens with zero attached hydrogens (tertiary/aromatic N) is 1. The lowest BCUT2D eigenvalue weighted by atomic mass is 10.1. The van der Waals surface area contributed by atoms with Crippen molar-refractivity contribution in [2.24, 2.45) is 4.99 Å². The molecule has 0 atom stereocenters. The van der Waals surface area contributed by atoms with Crippen molar-refractivity contribution in [2.45, 2.75) is 27.2 Å². The van der Waals surface area contributed by atoms with E-state index in [0.29, 0.717) is 33.0 Å². The van der Waals surface area contributed by atoms with Crippen molar-refractivity contribution < 1.29 is 14.2 Å². The molecule has 25 heavy (non-hydrogen) atoms. The van der Waals surface area contributed by atoms with E-state index < -0.39 is 0 Å². The summed E-state index contributed by atoms with van der Waals surface area (Å²) in [7, 11) is 1.67. The lowest BCUT2D eigenvalue weighted by Gasteiger charge is -2.12. The van der Waals surface area contributed by atoms with Crippen LogP contribution >= 0.6 is 0 Å². The van der Waals surface area contributed by atoms with Gasteiger partial charge in [0, 0.05) is 26.8 Å². The molecule has 0 aliphatic carbocycles. The molecule has 1 aromatic carbocycles. The first-order valence-corrected chi connectivity index (χ1v) is 8.95. The summed E-state index contributed by atoms with van der Waals surface area (Å²) in [6, 6.07) is 6.24. The van der Waals surface area contributed by atoms with Crippen molar-refractivity contribution in [3.8, 4) is 5.75 Å². The van der Waals surface area contributed by atoms with E-state index >= 15 is 0 Å². The molecule has 0 bridgehead atoms. The average Bonchev–Trinajstić information content (AvgIpc) is 2.57. The van der Waals surface area contributed by atoms with Crippen molar-refractivity contribution in [2.75, 3.05) is 53.2 Å². The molecule has 0 unspecified atom stereocenters. The smallest absolute Gasteiger partial charge is 0.191 e. The largest absolute Gasteiger partial charge is 0.492 e. The number of nitrogens with one attached hydrogen (secondary N) is 2. The molecule has 0 amide bonds. The minimum Gasteiger partial charge on any atom is -0.492 e. The molecule has 6 nitrogen and oxygen atoms in total. The number of hydrogen-bond donors (Lipinski definition) is 2. The quantitative estimate of drug-likeness (QED) is 0.344. The summed E-state index contributed by atoms with van der Waals surface area (Å²) >= 11 is 0. The van der Waals surface area contributed by atoms with E-state index in [-0.39, 0.29) is 0 Å². The maximum atomic E-state index is 5.80. The van der Waals surface area contributed by atoms with Crippen molar-refractivity contribution in [1.82, 2.24) is 10.6 Å². The number of methoxy groups -OCH3 is 1. The zero-order valence-electron chi connectivity index (χ0n) is 16.1. The number of aryl methyl sites for hydroxylation is 2. The monoisotopic (exact) mass is 351 g/mol. The Kier molecular flexibility index (Phi) is 11.5. The highest BCUT2D eigenvalue weighted by molar-refractivity contribution is 5.79. The summed E-state index contributed by atoms with van der Waals surface area (Å²) in [5, 5.41) is 6.52. The van der Waals surface area contributed by atoms with Crippen molar-refractivity contribution >= 4 is 5.96 Å². The fourth-order valence-electron chi connectivity index (χ4n) is 2.30. The first kappa shape index (κ1) is 21.3. The lowest BCUT2D eigenvalue weighted by Crippen LogP contribution is -2.39. The predicted octanol–water partition coefficient (Wildman–Crippen LogP) is 2.29. The summed E-state index contributed by atoms with van der Waals surface area (Å²) in [4.78, 5) is 4.53. The van der Waals surface area contributed by atoms with Crippen LogP contribution in [0.2, 0.25) is 0 Å². The van der Waals surface area contributed by atoms with E-state index in [0.717, 1.165) is 31.2 Å². The van der Waals surface area contributed by atoms with E-state index in [4.69, 9.17) is 14.2 Å². The van der Waals surface area contributed by atoms with Gasteiger partial charge in [0.15, 0.2) is 5.96 Å². The number of ether oxygens (including phenoxy) is 3. The molecule has 0 aromatic heterocycles. The Bertz CT molecular complexity index is 486. The van der Waals surface area contributed by atoms with Gasteiger partial charge < -0.3 is 24.8 Å². The van der Waals surface area contributed by atoms with Crippen molar-refractivity contribution in [3.05, 3.63) is 29.3 Å². The number of guanidine groups is 1. The number of hydrogen-bond acceptors (Lipinski definition) is 4. The van der Waals surface area contributed by atoms with E-state index in [1.54, 1.807) is 7.11 Å². The van der Waals surface area contributed by atoms with Gasteiger partial charge in [-0.25, -0.2) is 0 Å². The Hall–Kier alpha value is -1.79. The highest BCUT2D eigenvalue weighted by Gasteiger charge is 1.99. The van der Waals surface area contributed by atoms with Gasteiger partial charge in [0.05, 0.1) is 19.8 Å². The molecule has 0 saturated heterocycles. The van der Waals surface area contributed by atoms with Crippen LogP contribution in [0, 0.1) is 13.8 Å². The molecule has 6 heteroatoms. The van der Waals surface area contributed by atoms with Crippen molar-refractivity contribution in [1.29, 1.82) is 0 Å². The van der Waals surface area contributed by atoms with Crippen LogP contribution < -0.4 is 15.4 Å². The summed E-state index contributed by atoms with van der Waals surface area (Å²) < 4.78 is 16.2. The topological polar surface area (TPSA) is 64.1 Å². The molecule has 0 radical (unpaired) electrons. The fourth-order valence-corrected chi connectivity index (χ4v) is 2.30. The van der Waals surface area contributed by atoms with Gasteiger partial charge in [-0.15, -0.1) is 0 Å². The second-order valence-corrected chi connectivity index (χ2v) is 5.82. The van der Waals surface area contributed by atoms with Gasteiger partial charge in [0.25, 0.3) is 0 Å². The van der Waals surface area contributed by atoms with Crippen LogP contribution in [-0.4, -0.2) is 59.1 Å². The fraction of sp³-hybridized carbons (Fsp3) is 0.632. The molecular weight excluding hydrogens is 318 g/mol. The molecule has 0 saturated carbocycles. The molecule has 0 fully saturated rings. The van der Waals surface area contributed by atoms with Crippen molar-refractivity contribution in [3.63, 3.8) is 0 Å². The highest BCUT2D eigenvalue weighted by atomic mass is 16.5. The summed E-state index contributed by atoms with van der Waals surface area (Å²) in [6.45, 7) is 11.0. The first-order valence-electron chi connectivity index (χ1n) is 8.95. The lowest BCUT2D eigenvalue weighted by molar-refractivity contribution is 0.0702. The molecule has 2 N–H and O–H groups in total. The Morgan fingerprint density at radius 1 is 1.00 bits per heavy atom. The standard InChI is InChI=1S/C19H33N3O3/c1-5-20-19(21-7-6-9-24-12-11-23-4)22-8-10-25-18-14-16(2)13-17(3)15-18/h13-15H,5-12H2,1-4H3,(H2,20,21,22). The molecule has 1 aromatic rings. The zero-order valence-corrected chi connectivity index (χ0v) is 16.1. The third-order valence-corrected chi connectivity index (χ3v) is 3.35. The molecule has 0 spiro atoms. The number of benzene rings is 1. The average molecular weight is 351 g/mol. The van der Waals surface area contributed by atoms with Gasteiger partial charge in [-0.2, -0.15) is 0 Å². The van der Waals surface area contributed by atoms with Gasteiger partial charge in [-0.1, -0.05) is 6.07 Å². The summed E-state index contributed by atoms with van der Waals surface area (Å²) in [5.74, 6) is 1.72. The third-order valence-electron chi connectivity index (χ3n) is 3.35. The second kappa shape index (κ2) is 13.5. The van der Waals surface area contributed by atoms with E-state index in [9.17, 15) is 0 Å². The second-order valence-electron chi connectivity index (χ2n) is 5.82. The van der Waals surface area contributed by atoms with Gasteiger partial charge in [0.2, 0.25) is 0 Å².